The molecule has 0 aliphatic heterocycles. The molecule has 9 heteroatoms. The van der Waals surface area contributed by atoms with Gasteiger partial charge >= 0.3 is 11.9 Å². The summed E-state index contributed by atoms with van der Waals surface area (Å²) in [5.74, 6) is -3.14. The second-order valence-corrected chi connectivity index (χ2v) is 10.6. The Bertz CT molecular complexity index is 1100. The number of aliphatic hydroxyl groups is 1. The minimum absolute atomic E-state index is 0.0752. The predicted molar refractivity (Wildman–Crippen MR) is 144 cm³/mol. The zero-order valence-electron chi connectivity index (χ0n) is 22.9. The van der Waals surface area contributed by atoms with Gasteiger partial charge in [0, 0.05) is 24.7 Å². The Balaban J connectivity index is 1.82. The third-order valence-corrected chi connectivity index (χ3v) is 7.77. The maximum absolute atomic E-state index is 13.1. The number of carbonyl (C=O) groups is 4. The number of carboxylic acid groups (broad SMARTS) is 1. The summed E-state index contributed by atoms with van der Waals surface area (Å²) in [5.41, 5.74) is 2.28. The van der Waals surface area contributed by atoms with Gasteiger partial charge in [-0.3, -0.25) is 19.2 Å². The van der Waals surface area contributed by atoms with E-state index in [4.69, 9.17) is 14.7 Å². The van der Waals surface area contributed by atoms with Crippen LogP contribution in [0.4, 0.5) is 0 Å². The average Bonchev–Trinajstić information content (AvgIpc) is 2.89. The molecule has 0 aromatic heterocycles. The van der Waals surface area contributed by atoms with Gasteiger partial charge in [-0.15, -0.1) is 0 Å². The summed E-state index contributed by atoms with van der Waals surface area (Å²) in [6, 6.07) is 9.60. The molecule has 1 saturated carbocycles. The van der Waals surface area contributed by atoms with Crippen molar-refractivity contribution in [2.24, 2.45) is 28.8 Å². The Labute approximate surface area is 229 Å². The van der Waals surface area contributed by atoms with Crippen molar-refractivity contribution in [1.82, 2.24) is 0 Å². The molecular formula is C30H39NO8. The molecule has 2 aliphatic carbocycles. The van der Waals surface area contributed by atoms with E-state index in [1.165, 1.54) is 0 Å². The molecule has 9 nitrogen and oxygen atoms in total. The summed E-state index contributed by atoms with van der Waals surface area (Å²) >= 11 is 0. The number of hydrogen-bond acceptors (Lipinski definition) is 8. The fourth-order valence-corrected chi connectivity index (χ4v) is 5.31. The van der Waals surface area contributed by atoms with Crippen LogP contribution in [0.1, 0.15) is 71.3 Å². The Morgan fingerprint density at radius 2 is 1.87 bits per heavy atom. The standard InChI is InChI=1S/C30H39NO8/c1-4-18(2)30(37)39-27-13-12-25(31-38-17-20-8-6-5-7-9-20)24-16-26(34)19(3)23(29(24)27)11-10-21(32)14-22(33)15-28(35)36/h5-9,16,18-19,22-23,27,29,33H,4,10-15,17H2,1-3H3,(H,35,36)/b31-25+. The highest BCUT2D eigenvalue weighted by Crippen LogP contribution is 2.44. The summed E-state index contributed by atoms with van der Waals surface area (Å²) in [5, 5.41) is 23.1. The van der Waals surface area contributed by atoms with Gasteiger partial charge in [-0.2, -0.15) is 0 Å². The number of ketones is 2. The molecule has 2 aliphatic rings. The number of allylic oxidation sites excluding steroid dienone is 1. The van der Waals surface area contributed by atoms with Crippen LogP contribution in [0, 0.1) is 23.7 Å². The Morgan fingerprint density at radius 1 is 1.15 bits per heavy atom. The molecule has 212 valence electrons. The molecule has 0 amide bonds. The number of carbonyl (C=O) groups excluding carboxylic acids is 3. The van der Waals surface area contributed by atoms with Gasteiger partial charge in [-0.25, -0.2) is 0 Å². The minimum atomic E-state index is -1.25. The normalized spacial score (nSPS) is 25.3. The molecule has 6 atom stereocenters. The highest BCUT2D eigenvalue weighted by atomic mass is 16.6. The number of aliphatic carboxylic acids is 1. The van der Waals surface area contributed by atoms with Gasteiger partial charge in [0.15, 0.2) is 5.78 Å². The number of hydrogen-bond donors (Lipinski definition) is 2. The SMILES string of the molecule is CCC(C)C(=O)OC1CC/C(=N\OCc2ccccc2)C2=CC(=O)C(C)C(CCC(=O)CC(O)CC(=O)O)C21. The molecule has 0 radical (unpaired) electrons. The van der Waals surface area contributed by atoms with Crippen LogP contribution in [0.2, 0.25) is 0 Å². The van der Waals surface area contributed by atoms with Crippen molar-refractivity contribution in [2.45, 2.75) is 84.5 Å². The molecule has 1 aromatic rings. The predicted octanol–water partition coefficient (Wildman–Crippen LogP) is 4.26. The Morgan fingerprint density at radius 3 is 2.54 bits per heavy atom. The molecule has 0 spiro atoms. The number of ether oxygens (including phenoxy) is 1. The fraction of sp³-hybridized carbons (Fsp3) is 0.567. The number of aliphatic hydroxyl groups excluding tert-OH is 1. The fourth-order valence-electron chi connectivity index (χ4n) is 5.31. The molecule has 3 rings (SSSR count). The van der Waals surface area contributed by atoms with Gasteiger partial charge in [-0.05, 0) is 48.8 Å². The number of fused-ring (bicyclic) bond motifs is 1. The second kappa shape index (κ2) is 14.2. The van der Waals surface area contributed by atoms with Crippen molar-refractivity contribution in [1.29, 1.82) is 0 Å². The lowest BCUT2D eigenvalue weighted by Crippen LogP contribution is -2.46. The van der Waals surface area contributed by atoms with Crippen molar-refractivity contribution in [3.63, 3.8) is 0 Å². The number of Topliss-reactive ketones (excluding diaryl/α,β-unsaturated/α-hetero) is 1. The maximum Gasteiger partial charge on any atom is 0.308 e. The molecule has 1 fully saturated rings. The number of nitrogens with zero attached hydrogens (tertiary/aromatic N) is 1. The summed E-state index contributed by atoms with van der Waals surface area (Å²) in [4.78, 5) is 54.9. The number of benzene rings is 1. The monoisotopic (exact) mass is 541 g/mol. The van der Waals surface area contributed by atoms with Crippen LogP contribution >= 0.6 is 0 Å². The first kappa shape index (κ1) is 30.2. The summed E-state index contributed by atoms with van der Waals surface area (Å²) in [6.45, 7) is 5.82. The summed E-state index contributed by atoms with van der Waals surface area (Å²) in [6.07, 6.45) is 1.13. The number of carboxylic acids is 1. The minimum Gasteiger partial charge on any atom is -0.481 e. The van der Waals surface area contributed by atoms with E-state index in [1.807, 2.05) is 51.1 Å². The first-order valence-electron chi connectivity index (χ1n) is 13.7. The van der Waals surface area contributed by atoms with Crippen LogP contribution < -0.4 is 0 Å². The van der Waals surface area contributed by atoms with Gasteiger partial charge in [-0.1, -0.05) is 56.3 Å². The van der Waals surface area contributed by atoms with E-state index in [9.17, 15) is 24.3 Å². The topological polar surface area (TPSA) is 140 Å². The van der Waals surface area contributed by atoms with E-state index < -0.39 is 30.5 Å². The third-order valence-electron chi connectivity index (χ3n) is 7.77. The largest absolute Gasteiger partial charge is 0.481 e. The van der Waals surface area contributed by atoms with Gasteiger partial charge in [0.2, 0.25) is 0 Å². The molecule has 39 heavy (non-hydrogen) atoms. The summed E-state index contributed by atoms with van der Waals surface area (Å²) < 4.78 is 5.99. The lowest BCUT2D eigenvalue weighted by Gasteiger charge is -2.43. The number of oxime groups is 1. The first-order chi connectivity index (χ1) is 18.6. The Hall–Kier alpha value is -3.33. The van der Waals surface area contributed by atoms with Crippen molar-refractivity contribution >= 4 is 29.2 Å². The van der Waals surface area contributed by atoms with Crippen molar-refractivity contribution in [3.05, 3.63) is 47.5 Å². The van der Waals surface area contributed by atoms with Crippen LogP contribution in [0.3, 0.4) is 0 Å². The number of esters is 1. The highest BCUT2D eigenvalue weighted by molar-refractivity contribution is 6.08. The van der Waals surface area contributed by atoms with Crippen LogP contribution in [0.15, 0.2) is 47.1 Å². The number of rotatable bonds is 13. The molecule has 2 N–H and O–H groups in total. The van der Waals surface area contributed by atoms with Crippen molar-refractivity contribution in [2.75, 3.05) is 0 Å². The van der Waals surface area contributed by atoms with E-state index >= 15 is 0 Å². The molecule has 6 unspecified atom stereocenters. The van der Waals surface area contributed by atoms with E-state index in [0.29, 0.717) is 37.0 Å². The van der Waals surface area contributed by atoms with Crippen molar-refractivity contribution in [3.8, 4) is 0 Å². The van der Waals surface area contributed by atoms with Crippen LogP contribution in [-0.2, 0) is 35.4 Å². The van der Waals surface area contributed by atoms with Crippen molar-refractivity contribution < 1.29 is 39.0 Å². The highest BCUT2D eigenvalue weighted by Gasteiger charge is 2.46. The maximum atomic E-state index is 13.1. The molecule has 0 heterocycles. The van der Waals surface area contributed by atoms with E-state index in [0.717, 1.165) is 5.56 Å². The van der Waals surface area contributed by atoms with Crippen LogP contribution in [0.5, 0.6) is 0 Å². The molecule has 0 bridgehead atoms. The average molecular weight is 542 g/mol. The quantitative estimate of drug-likeness (QED) is 0.279. The van der Waals surface area contributed by atoms with Gasteiger partial charge < -0.3 is 19.8 Å². The van der Waals surface area contributed by atoms with E-state index in [1.54, 1.807) is 6.08 Å². The van der Waals surface area contributed by atoms with Gasteiger partial charge in [0.25, 0.3) is 0 Å². The smallest absolute Gasteiger partial charge is 0.308 e. The van der Waals surface area contributed by atoms with Crippen LogP contribution in [0.25, 0.3) is 0 Å². The zero-order valence-corrected chi connectivity index (χ0v) is 22.9. The molecular weight excluding hydrogens is 502 g/mol. The second-order valence-electron chi connectivity index (χ2n) is 10.6. The van der Waals surface area contributed by atoms with E-state index in [-0.39, 0.29) is 54.7 Å². The lowest BCUT2D eigenvalue weighted by molar-refractivity contribution is -0.158. The van der Waals surface area contributed by atoms with Gasteiger partial charge in [0.1, 0.15) is 18.5 Å². The lowest BCUT2D eigenvalue weighted by atomic mass is 9.63. The molecule has 0 saturated heterocycles. The first-order valence-corrected chi connectivity index (χ1v) is 13.7. The third kappa shape index (κ3) is 8.33. The van der Waals surface area contributed by atoms with Gasteiger partial charge in [0.05, 0.1) is 24.2 Å². The van der Waals surface area contributed by atoms with Crippen LogP contribution in [-0.4, -0.2) is 51.6 Å². The Kier molecular flexibility index (Phi) is 11.0. The van der Waals surface area contributed by atoms with E-state index in [2.05, 4.69) is 5.16 Å². The summed E-state index contributed by atoms with van der Waals surface area (Å²) in [7, 11) is 0. The zero-order chi connectivity index (χ0) is 28.5. The molecule has 1 aromatic carbocycles.